The maximum Gasteiger partial charge on any atom is 0.104 e. The SMILES string of the molecule is CCCN(C)Cc1ccc(-c2ccccc2C(N)=S)cc1. The molecule has 2 aromatic rings. The lowest BCUT2D eigenvalue weighted by atomic mass is 9.98. The molecule has 0 saturated carbocycles. The first kappa shape index (κ1) is 15.7. The molecule has 0 bridgehead atoms. The fraction of sp³-hybridized carbons (Fsp3) is 0.278. The van der Waals surface area contributed by atoms with Gasteiger partial charge in [-0.15, -0.1) is 0 Å². The number of nitrogens with zero attached hydrogens (tertiary/aromatic N) is 1. The molecule has 0 heterocycles. The molecule has 0 aliphatic heterocycles. The van der Waals surface area contributed by atoms with Crippen LogP contribution in [0.5, 0.6) is 0 Å². The predicted octanol–water partition coefficient (Wildman–Crippen LogP) is 3.83. The van der Waals surface area contributed by atoms with Crippen LogP contribution in [0, 0.1) is 0 Å². The monoisotopic (exact) mass is 298 g/mol. The van der Waals surface area contributed by atoms with E-state index < -0.39 is 0 Å². The van der Waals surface area contributed by atoms with Crippen LogP contribution in [-0.2, 0) is 6.54 Å². The van der Waals surface area contributed by atoms with Gasteiger partial charge in [0.1, 0.15) is 4.99 Å². The fourth-order valence-corrected chi connectivity index (χ4v) is 2.69. The third-order valence-electron chi connectivity index (χ3n) is 3.52. The van der Waals surface area contributed by atoms with Gasteiger partial charge in [0, 0.05) is 12.1 Å². The molecule has 3 heteroatoms. The van der Waals surface area contributed by atoms with Crippen molar-refractivity contribution in [1.82, 2.24) is 4.90 Å². The molecule has 0 atom stereocenters. The van der Waals surface area contributed by atoms with Crippen molar-refractivity contribution >= 4 is 17.2 Å². The van der Waals surface area contributed by atoms with Crippen LogP contribution >= 0.6 is 12.2 Å². The Morgan fingerprint density at radius 1 is 1.10 bits per heavy atom. The number of hydrogen-bond acceptors (Lipinski definition) is 2. The van der Waals surface area contributed by atoms with E-state index >= 15 is 0 Å². The van der Waals surface area contributed by atoms with Gasteiger partial charge in [-0.05, 0) is 36.7 Å². The van der Waals surface area contributed by atoms with Crippen molar-refractivity contribution in [3.63, 3.8) is 0 Å². The minimum Gasteiger partial charge on any atom is -0.389 e. The topological polar surface area (TPSA) is 29.3 Å². The van der Waals surface area contributed by atoms with E-state index in [1.165, 1.54) is 12.0 Å². The minimum absolute atomic E-state index is 0.442. The van der Waals surface area contributed by atoms with Crippen molar-refractivity contribution in [2.24, 2.45) is 5.73 Å². The van der Waals surface area contributed by atoms with Gasteiger partial charge < -0.3 is 10.6 Å². The van der Waals surface area contributed by atoms with Crippen LogP contribution in [0.2, 0.25) is 0 Å². The second kappa shape index (κ2) is 7.34. The molecule has 0 aromatic heterocycles. The van der Waals surface area contributed by atoms with E-state index in [0.29, 0.717) is 4.99 Å². The van der Waals surface area contributed by atoms with Crippen LogP contribution in [0.25, 0.3) is 11.1 Å². The van der Waals surface area contributed by atoms with Gasteiger partial charge in [0.15, 0.2) is 0 Å². The smallest absolute Gasteiger partial charge is 0.104 e. The Morgan fingerprint density at radius 2 is 1.76 bits per heavy atom. The maximum absolute atomic E-state index is 5.81. The van der Waals surface area contributed by atoms with Crippen LogP contribution < -0.4 is 5.73 Å². The average Bonchev–Trinajstić information content (AvgIpc) is 2.48. The molecule has 0 unspecified atom stereocenters. The molecule has 0 aliphatic carbocycles. The number of rotatable bonds is 6. The Balaban J connectivity index is 2.21. The molecule has 0 aliphatic rings. The van der Waals surface area contributed by atoms with Crippen molar-refractivity contribution in [3.8, 4) is 11.1 Å². The van der Waals surface area contributed by atoms with Gasteiger partial charge in [-0.3, -0.25) is 0 Å². The summed E-state index contributed by atoms with van der Waals surface area (Å²) in [6, 6.07) is 16.7. The Bertz CT molecular complexity index is 605. The van der Waals surface area contributed by atoms with Gasteiger partial charge in [-0.25, -0.2) is 0 Å². The van der Waals surface area contributed by atoms with Crippen molar-refractivity contribution in [3.05, 3.63) is 59.7 Å². The van der Waals surface area contributed by atoms with Crippen molar-refractivity contribution in [2.45, 2.75) is 19.9 Å². The number of hydrogen-bond donors (Lipinski definition) is 1. The molecule has 2 nitrogen and oxygen atoms in total. The molecule has 0 fully saturated rings. The second-order valence-electron chi connectivity index (χ2n) is 5.34. The number of benzene rings is 2. The van der Waals surface area contributed by atoms with E-state index in [-0.39, 0.29) is 0 Å². The van der Waals surface area contributed by atoms with E-state index in [4.69, 9.17) is 18.0 Å². The fourth-order valence-electron chi connectivity index (χ4n) is 2.51. The predicted molar refractivity (Wildman–Crippen MR) is 94.4 cm³/mol. The van der Waals surface area contributed by atoms with Gasteiger partial charge in [-0.2, -0.15) is 0 Å². The summed E-state index contributed by atoms with van der Waals surface area (Å²) in [5, 5.41) is 0. The minimum atomic E-state index is 0.442. The second-order valence-corrected chi connectivity index (χ2v) is 5.78. The zero-order valence-electron chi connectivity index (χ0n) is 12.7. The molecule has 0 amide bonds. The standard InChI is InChI=1S/C18H22N2S/c1-3-12-20(2)13-14-8-10-15(11-9-14)16-6-4-5-7-17(16)18(19)21/h4-11H,3,12-13H2,1-2H3,(H2,19,21). The Hall–Kier alpha value is -1.71. The van der Waals surface area contributed by atoms with E-state index in [0.717, 1.165) is 29.8 Å². The summed E-state index contributed by atoms with van der Waals surface area (Å²) in [7, 11) is 2.15. The van der Waals surface area contributed by atoms with E-state index in [9.17, 15) is 0 Å². The van der Waals surface area contributed by atoms with Gasteiger partial charge in [0.05, 0.1) is 0 Å². The van der Waals surface area contributed by atoms with Gasteiger partial charge in [-0.1, -0.05) is 67.7 Å². The molecule has 110 valence electrons. The van der Waals surface area contributed by atoms with E-state index in [1.807, 2.05) is 18.2 Å². The van der Waals surface area contributed by atoms with Crippen molar-refractivity contribution in [1.29, 1.82) is 0 Å². The van der Waals surface area contributed by atoms with Gasteiger partial charge in [0.2, 0.25) is 0 Å². The van der Waals surface area contributed by atoms with Crippen molar-refractivity contribution < 1.29 is 0 Å². The van der Waals surface area contributed by atoms with Gasteiger partial charge >= 0.3 is 0 Å². The summed E-state index contributed by atoms with van der Waals surface area (Å²) in [6.45, 7) is 4.29. The Labute approximate surface area is 132 Å². The third-order valence-corrected chi connectivity index (χ3v) is 3.74. The summed E-state index contributed by atoms with van der Waals surface area (Å²) >= 11 is 5.13. The number of thiocarbonyl (C=S) groups is 1. The summed E-state index contributed by atoms with van der Waals surface area (Å²) in [6.07, 6.45) is 1.18. The first-order valence-corrected chi connectivity index (χ1v) is 7.69. The van der Waals surface area contributed by atoms with Crippen LogP contribution in [0.3, 0.4) is 0 Å². The molecule has 2 rings (SSSR count). The van der Waals surface area contributed by atoms with Crippen LogP contribution in [0.4, 0.5) is 0 Å². The first-order valence-electron chi connectivity index (χ1n) is 7.28. The Morgan fingerprint density at radius 3 is 2.38 bits per heavy atom. The van der Waals surface area contributed by atoms with Crippen molar-refractivity contribution in [2.75, 3.05) is 13.6 Å². The van der Waals surface area contributed by atoms with Gasteiger partial charge in [0.25, 0.3) is 0 Å². The molecular formula is C18H22N2S. The third kappa shape index (κ3) is 4.13. The molecule has 0 radical (unpaired) electrons. The van der Waals surface area contributed by atoms with Crippen LogP contribution in [0.15, 0.2) is 48.5 Å². The highest BCUT2D eigenvalue weighted by molar-refractivity contribution is 7.80. The zero-order chi connectivity index (χ0) is 15.2. The normalized spacial score (nSPS) is 10.8. The molecule has 2 aromatic carbocycles. The number of nitrogens with two attached hydrogens (primary N) is 1. The average molecular weight is 298 g/mol. The maximum atomic E-state index is 5.81. The quantitative estimate of drug-likeness (QED) is 0.822. The lowest BCUT2D eigenvalue weighted by Crippen LogP contribution is -2.18. The summed E-state index contributed by atoms with van der Waals surface area (Å²) in [5.41, 5.74) is 10.3. The highest BCUT2D eigenvalue weighted by Crippen LogP contribution is 2.24. The van der Waals surface area contributed by atoms with E-state index in [2.05, 4.69) is 49.2 Å². The Kier molecular flexibility index (Phi) is 5.48. The highest BCUT2D eigenvalue weighted by atomic mass is 32.1. The molecule has 2 N–H and O–H groups in total. The lowest BCUT2D eigenvalue weighted by Gasteiger charge is -2.16. The molecular weight excluding hydrogens is 276 g/mol. The highest BCUT2D eigenvalue weighted by Gasteiger charge is 2.07. The lowest BCUT2D eigenvalue weighted by molar-refractivity contribution is 0.327. The summed E-state index contributed by atoms with van der Waals surface area (Å²) in [4.78, 5) is 2.77. The zero-order valence-corrected chi connectivity index (χ0v) is 13.5. The summed E-state index contributed by atoms with van der Waals surface area (Å²) in [5.74, 6) is 0. The molecule has 21 heavy (non-hydrogen) atoms. The molecule has 0 spiro atoms. The largest absolute Gasteiger partial charge is 0.389 e. The van der Waals surface area contributed by atoms with Crippen LogP contribution in [-0.4, -0.2) is 23.5 Å². The first-order chi connectivity index (χ1) is 10.1. The summed E-state index contributed by atoms with van der Waals surface area (Å²) < 4.78 is 0. The molecule has 0 saturated heterocycles. The van der Waals surface area contributed by atoms with E-state index in [1.54, 1.807) is 0 Å². The van der Waals surface area contributed by atoms with Crippen LogP contribution in [0.1, 0.15) is 24.5 Å².